The van der Waals surface area contributed by atoms with Crippen molar-refractivity contribution >= 4 is 45.2 Å². The number of morpholine rings is 1. The predicted molar refractivity (Wildman–Crippen MR) is 121 cm³/mol. The summed E-state index contributed by atoms with van der Waals surface area (Å²) in [6.45, 7) is 6.63. The molecule has 1 aromatic carbocycles. The third kappa shape index (κ3) is 7.92. The maximum absolute atomic E-state index is 12.4. The molecular formula is C21H30BrN3O3S. The van der Waals surface area contributed by atoms with Crippen molar-refractivity contribution in [2.24, 2.45) is 5.92 Å². The number of likely N-dealkylation sites (tertiary alicyclic amines) is 1. The monoisotopic (exact) mass is 483 g/mol. The Labute approximate surface area is 185 Å². The Hall–Kier alpha value is -1.09. The number of halogens is 1. The summed E-state index contributed by atoms with van der Waals surface area (Å²) in [4.78, 5) is 28.9. The summed E-state index contributed by atoms with van der Waals surface area (Å²) in [5.74, 6) is 1.43. The molecular weight excluding hydrogens is 454 g/mol. The van der Waals surface area contributed by atoms with Gasteiger partial charge in [-0.1, -0.05) is 22.0 Å². The number of benzene rings is 1. The van der Waals surface area contributed by atoms with Crippen molar-refractivity contribution in [1.82, 2.24) is 9.80 Å². The van der Waals surface area contributed by atoms with Crippen LogP contribution in [0.15, 0.2) is 28.7 Å². The minimum atomic E-state index is -0.0808. The van der Waals surface area contributed by atoms with Crippen molar-refractivity contribution in [2.45, 2.75) is 19.3 Å². The second-order valence-corrected chi connectivity index (χ2v) is 9.52. The standard InChI is InChI=1S/C21H30BrN3O3S/c22-18-2-1-3-19(14-18)23-20(26)15-29-16-21(27)25-8-5-17(6-9-25)4-7-24-10-12-28-13-11-24/h1-3,14,17H,4-13,15-16H2,(H,23,26). The third-order valence-corrected chi connectivity index (χ3v) is 6.90. The Kier molecular flexibility index (Phi) is 9.30. The van der Waals surface area contributed by atoms with Gasteiger partial charge in [0.2, 0.25) is 11.8 Å². The first-order valence-corrected chi connectivity index (χ1v) is 12.3. The molecule has 2 saturated heterocycles. The number of hydrogen-bond acceptors (Lipinski definition) is 5. The van der Waals surface area contributed by atoms with Crippen molar-refractivity contribution in [3.63, 3.8) is 0 Å². The van der Waals surface area contributed by atoms with Gasteiger partial charge in [0.05, 0.1) is 24.7 Å². The van der Waals surface area contributed by atoms with Crippen molar-refractivity contribution in [2.75, 3.05) is 62.8 Å². The minimum Gasteiger partial charge on any atom is -0.379 e. The molecule has 2 aliphatic rings. The molecule has 2 amide bonds. The molecule has 0 bridgehead atoms. The van der Waals surface area contributed by atoms with E-state index >= 15 is 0 Å². The van der Waals surface area contributed by atoms with Gasteiger partial charge in [-0.25, -0.2) is 0 Å². The Morgan fingerprint density at radius 3 is 2.62 bits per heavy atom. The third-order valence-electron chi connectivity index (χ3n) is 5.49. The maximum atomic E-state index is 12.4. The van der Waals surface area contributed by atoms with Crippen LogP contribution in [-0.2, 0) is 14.3 Å². The van der Waals surface area contributed by atoms with Gasteiger partial charge in [0, 0.05) is 36.3 Å². The van der Waals surface area contributed by atoms with Gasteiger partial charge in [-0.3, -0.25) is 14.5 Å². The van der Waals surface area contributed by atoms with Crippen molar-refractivity contribution < 1.29 is 14.3 Å². The van der Waals surface area contributed by atoms with Crippen LogP contribution in [-0.4, -0.2) is 79.1 Å². The summed E-state index contributed by atoms with van der Waals surface area (Å²) in [6.07, 6.45) is 3.39. The van der Waals surface area contributed by atoms with E-state index in [1.165, 1.54) is 18.2 Å². The zero-order valence-electron chi connectivity index (χ0n) is 16.8. The molecule has 0 atom stereocenters. The highest BCUT2D eigenvalue weighted by molar-refractivity contribution is 9.10. The van der Waals surface area contributed by atoms with E-state index < -0.39 is 0 Å². The summed E-state index contributed by atoms with van der Waals surface area (Å²) < 4.78 is 6.32. The van der Waals surface area contributed by atoms with E-state index in [2.05, 4.69) is 26.1 Å². The molecule has 0 radical (unpaired) electrons. The number of ether oxygens (including phenoxy) is 1. The Morgan fingerprint density at radius 1 is 1.14 bits per heavy atom. The van der Waals surface area contributed by atoms with Crippen LogP contribution < -0.4 is 5.32 Å². The van der Waals surface area contributed by atoms with Crippen LogP contribution in [0.3, 0.4) is 0 Å². The molecule has 0 unspecified atom stereocenters. The fourth-order valence-electron chi connectivity index (χ4n) is 3.75. The van der Waals surface area contributed by atoms with Gasteiger partial charge in [0.15, 0.2) is 0 Å². The highest BCUT2D eigenvalue weighted by Crippen LogP contribution is 2.22. The number of nitrogens with zero attached hydrogens (tertiary/aromatic N) is 2. The summed E-state index contributed by atoms with van der Waals surface area (Å²) in [5, 5.41) is 2.86. The lowest BCUT2D eigenvalue weighted by Gasteiger charge is -2.34. The molecule has 8 heteroatoms. The molecule has 3 rings (SSSR count). The van der Waals surface area contributed by atoms with E-state index in [0.29, 0.717) is 11.7 Å². The zero-order chi connectivity index (χ0) is 20.5. The molecule has 2 fully saturated rings. The summed E-state index contributed by atoms with van der Waals surface area (Å²) in [6, 6.07) is 7.49. The first-order valence-electron chi connectivity index (χ1n) is 10.3. The lowest BCUT2D eigenvalue weighted by molar-refractivity contribution is -0.129. The number of thioether (sulfide) groups is 1. The Balaban J connectivity index is 1.28. The number of carbonyl (C=O) groups is 2. The van der Waals surface area contributed by atoms with Crippen molar-refractivity contribution in [3.8, 4) is 0 Å². The summed E-state index contributed by atoms with van der Waals surface area (Å²) >= 11 is 4.77. The van der Waals surface area contributed by atoms with Gasteiger partial charge in [0.1, 0.15) is 0 Å². The van der Waals surface area contributed by atoms with Crippen LogP contribution in [0.5, 0.6) is 0 Å². The molecule has 2 aliphatic heterocycles. The lowest BCUT2D eigenvalue weighted by Crippen LogP contribution is -2.41. The molecule has 29 heavy (non-hydrogen) atoms. The second kappa shape index (κ2) is 11.9. The smallest absolute Gasteiger partial charge is 0.234 e. The van der Waals surface area contributed by atoms with Crippen molar-refractivity contribution in [3.05, 3.63) is 28.7 Å². The van der Waals surface area contributed by atoms with Crippen LogP contribution in [0.2, 0.25) is 0 Å². The molecule has 160 valence electrons. The fourth-order valence-corrected chi connectivity index (χ4v) is 4.86. The average molecular weight is 484 g/mol. The van der Waals surface area contributed by atoms with E-state index in [-0.39, 0.29) is 17.6 Å². The molecule has 1 aromatic rings. The van der Waals surface area contributed by atoms with Crippen molar-refractivity contribution in [1.29, 1.82) is 0 Å². The van der Waals surface area contributed by atoms with E-state index in [1.807, 2.05) is 29.2 Å². The van der Waals surface area contributed by atoms with Gasteiger partial charge >= 0.3 is 0 Å². The number of amides is 2. The quantitative estimate of drug-likeness (QED) is 0.615. The molecule has 0 spiro atoms. The molecule has 1 N–H and O–H groups in total. The highest BCUT2D eigenvalue weighted by atomic mass is 79.9. The van der Waals surface area contributed by atoms with E-state index in [1.54, 1.807) is 0 Å². The van der Waals surface area contributed by atoms with E-state index in [4.69, 9.17) is 4.74 Å². The molecule has 0 aliphatic carbocycles. The molecule has 0 aromatic heterocycles. The largest absolute Gasteiger partial charge is 0.379 e. The van der Waals surface area contributed by atoms with Gasteiger partial charge in [-0.15, -0.1) is 11.8 Å². The predicted octanol–water partition coefficient (Wildman–Crippen LogP) is 3.08. The number of nitrogens with one attached hydrogen (secondary N) is 1. The van der Waals surface area contributed by atoms with Crippen LogP contribution >= 0.6 is 27.7 Å². The molecule has 6 nitrogen and oxygen atoms in total. The average Bonchev–Trinajstić information content (AvgIpc) is 2.73. The maximum Gasteiger partial charge on any atom is 0.234 e. The van der Waals surface area contributed by atoms with Gasteiger partial charge in [0.25, 0.3) is 0 Å². The first-order chi connectivity index (χ1) is 14.1. The van der Waals surface area contributed by atoms with Crippen LogP contribution in [0, 0.1) is 5.92 Å². The number of hydrogen-bond donors (Lipinski definition) is 1. The lowest BCUT2D eigenvalue weighted by atomic mass is 9.93. The topological polar surface area (TPSA) is 61.9 Å². The Morgan fingerprint density at radius 2 is 1.90 bits per heavy atom. The Bertz CT molecular complexity index is 677. The van der Waals surface area contributed by atoms with Crippen LogP contribution in [0.1, 0.15) is 19.3 Å². The highest BCUT2D eigenvalue weighted by Gasteiger charge is 2.23. The SMILES string of the molecule is O=C(CSCC(=O)N1CCC(CCN2CCOCC2)CC1)Nc1cccc(Br)c1. The molecule has 2 heterocycles. The second-order valence-electron chi connectivity index (χ2n) is 7.62. The van der Waals surface area contributed by atoms with Gasteiger partial charge in [-0.05, 0) is 49.9 Å². The number of piperidine rings is 1. The van der Waals surface area contributed by atoms with Gasteiger partial charge in [-0.2, -0.15) is 0 Å². The first kappa shape index (κ1) is 22.6. The number of carbonyl (C=O) groups excluding carboxylic acids is 2. The summed E-state index contributed by atoms with van der Waals surface area (Å²) in [5.41, 5.74) is 0.760. The van der Waals surface area contributed by atoms with Crippen LogP contribution in [0.25, 0.3) is 0 Å². The van der Waals surface area contributed by atoms with Crippen LogP contribution in [0.4, 0.5) is 5.69 Å². The fraction of sp³-hybridized carbons (Fsp3) is 0.619. The zero-order valence-corrected chi connectivity index (χ0v) is 19.2. The number of anilines is 1. The van der Waals surface area contributed by atoms with E-state index in [9.17, 15) is 9.59 Å². The van der Waals surface area contributed by atoms with E-state index in [0.717, 1.165) is 68.9 Å². The minimum absolute atomic E-state index is 0.0808. The van der Waals surface area contributed by atoms with Gasteiger partial charge < -0.3 is 15.0 Å². The normalized spacial score (nSPS) is 18.6. The molecule has 0 saturated carbocycles. The number of rotatable bonds is 8. The summed E-state index contributed by atoms with van der Waals surface area (Å²) in [7, 11) is 0.